The quantitative estimate of drug-likeness (QED) is 0.782. The Morgan fingerprint density at radius 1 is 1.08 bits per heavy atom. The van der Waals surface area contributed by atoms with Crippen molar-refractivity contribution in [2.45, 2.75) is 20.3 Å². The minimum absolute atomic E-state index is 0.218. The van der Waals surface area contributed by atoms with Gasteiger partial charge in [0, 0.05) is 24.8 Å². The van der Waals surface area contributed by atoms with E-state index in [0.29, 0.717) is 30.3 Å². The summed E-state index contributed by atoms with van der Waals surface area (Å²) in [6, 6.07) is 5.21. The Hall–Kier alpha value is -2.96. The van der Waals surface area contributed by atoms with Gasteiger partial charge in [-0.05, 0) is 25.5 Å². The molecule has 0 spiro atoms. The number of nitrogens with zero attached hydrogens (tertiary/aromatic N) is 1. The first-order chi connectivity index (χ1) is 12.6. The molecule has 0 radical (unpaired) electrons. The first-order valence-electron chi connectivity index (χ1n) is 8.45. The van der Waals surface area contributed by atoms with E-state index in [0.717, 1.165) is 6.42 Å². The zero-order valence-corrected chi connectivity index (χ0v) is 15.5. The van der Waals surface area contributed by atoms with E-state index in [1.54, 1.807) is 30.2 Å². The molecule has 0 saturated carbocycles. The molecule has 0 saturated heterocycles. The number of carbonyl (C=O) groups excluding carboxylic acids is 2. The van der Waals surface area contributed by atoms with E-state index in [2.05, 4.69) is 5.32 Å². The van der Waals surface area contributed by atoms with Crippen molar-refractivity contribution in [2.24, 2.45) is 0 Å². The van der Waals surface area contributed by atoms with Gasteiger partial charge in [0.2, 0.25) is 0 Å². The number of hydrogen-bond acceptors (Lipinski definition) is 5. The number of furan rings is 1. The van der Waals surface area contributed by atoms with E-state index >= 15 is 0 Å². The SMILES string of the molecule is CCCNC(=O)c1cocc1C(=O)N(CC)c1ccc(OC)c(OC)c1. The van der Waals surface area contributed by atoms with Gasteiger partial charge in [-0.2, -0.15) is 0 Å². The van der Waals surface area contributed by atoms with Gasteiger partial charge in [-0.25, -0.2) is 0 Å². The van der Waals surface area contributed by atoms with Crippen LogP contribution in [0.5, 0.6) is 11.5 Å². The highest BCUT2D eigenvalue weighted by Crippen LogP contribution is 2.32. The van der Waals surface area contributed by atoms with Crippen molar-refractivity contribution in [3.8, 4) is 11.5 Å². The summed E-state index contributed by atoms with van der Waals surface area (Å²) in [5, 5.41) is 2.75. The lowest BCUT2D eigenvalue weighted by molar-refractivity contribution is 0.0934. The Balaban J connectivity index is 2.33. The summed E-state index contributed by atoms with van der Waals surface area (Å²) in [7, 11) is 3.08. The second kappa shape index (κ2) is 8.94. The predicted molar refractivity (Wildman–Crippen MR) is 98.2 cm³/mol. The smallest absolute Gasteiger partial charge is 0.262 e. The summed E-state index contributed by atoms with van der Waals surface area (Å²) in [4.78, 5) is 26.8. The van der Waals surface area contributed by atoms with Crippen molar-refractivity contribution < 1.29 is 23.5 Å². The Labute approximate surface area is 152 Å². The number of hydrogen-bond donors (Lipinski definition) is 1. The average Bonchev–Trinajstić information content (AvgIpc) is 3.16. The molecule has 0 atom stereocenters. The predicted octanol–water partition coefficient (Wildman–Crippen LogP) is 3.10. The molecule has 7 heteroatoms. The maximum atomic E-state index is 13.0. The molecule has 7 nitrogen and oxygen atoms in total. The Morgan fingerprint density at radius 3 is 2.38 bits per heavy atom. The second-order valence-electron chi connectivity index (χ2n) is 5.54. The maximum Gasteiger partial charge on any atom is 0.262 e. The zero-order valence-electron chi connectivity index (χ0n) is 15.5. The third-order valence-electron chi connectivity index (χ3n) is 3.91. The lowest BCUT2D eigenvalue weighted by Crippen LogP contribution is -2.33. The molecule has 0 aliphatic carbocycles. The molecule has 0 bridgehead atoms. The molecule has 2 rings (SSSR count). The number of anilines is 1. The lowest BCUT2D eigenvalue weighted by atomic mass is 10.1. The van der Waals surface area contributed by atoms with Crippen LogP contribution in [0.3, 0.4) is 0 Å². The molecule has 1 aromatic heterocycles. The fraction of sp³-hybridized carbons (Fsp3) is 0.368. The van der Waals surface area contributed by atoms with E-state index in [4.69, 9.17) is 13.9 Å². The Morgan fingerprint density at radius 2 is 1.77 bits per heavy atom. The summed E-state index contributed by atoms with van der Waals surface area (Å²) in [6.07, 6.45) is 3.40. The van der Waals surface area contributed by atoms with Crippen LogP contribution in [-0.2, 0) is 0 Å². The number of ether oxygens (including phenoxy) is 2. The average molecular weight is 360 g/mol. The molecule has 0 aliphatic rings. The first-order valence-corrected chi connectivity index (χ1v) is 8.45. The first kappa shape index (κ1) is 19.4. The number of methoxy groups -OCH3 is 2. The molecule has 140 valence electrons. The zero-order chi connectivity index (χ0) is 19.1. The van der Waals surface area contributed by atoms with Crippen molar-refractivity contribution in [2.75, 3.05) is 32.2 Å². The van der Waals surface area contributed by atoms with Gasteiger partial charge in [0.15, 0.2) is 11.5 Å². The molecule has 0 aliphatic heterocycles. The number of benzene rings is 1. The van der Waals surface area contributed by atoms with Crippen LogP contribution >= 0.6 is 0 Å². The second-order valence-corrected chi connectivity index (χ2v) is 5.54. The molecule has 1 aromatic carbocycles. The lowest BCUT2D eigenvalue weighted by Gasteiger charge is -2.22. The van der Waals surface area contributed by atoms with Crippen molar-refractivity contribution >= 4 is 17.5 Å². The van der Waals surface area contributed by atoms with Crippen LogP contribution in [0.4, 0.5) is 5.69 Å². The summed E-state index contributed by atoms with van der Waals surface area (Å²) >= 11 is 0. The number of nitrogens with one attached hydrogen (secondary N) is 1. The van der Waals surface area contributed by atoms with Crippen LogP contribution in [0, 0.1) is 0 Å². The van der Waals surface area contributed by atoms with Gasteiger partial charge < -0.3 is 24.1 Å². The molecule has 2 amide bonds. The topological polar surface area (TPSA) is 81.0 Å². The Kier molecular flexibility index (Phi) is 6.66. The molecule has 1 N–H and O–H groups in total. The summed E-state index contributed by atoms with van der Waals surface area (Å²) in [5.41, 5.74) is 1.08. The fourth-order valence-corrected chi connectivity index (χ4v) is 2.55. The van der Waals surface area contributed by atoms with Crippen LogP contribution < -0.4 is 19.7 Å². The summed E-state index contributed by atoms with van der Waals surface area (Å²) < 4.78 is 15.7. The van der Waals surface area contributed by atoms with Gasteiger partial charge in [0.25, 0.3) is 11.8 Å². The van der Waals surface area contributed by atoms with Crippen molar-refractivity contribution in [1.29, 1.82) is 0 Å². The van der Waals surface area contributed by atoms with E-state index in [1.807, 2.05) is 13.8 Å². The van der Waals surface area contributed by atoms with Crippen molar-refractivity contribution in [3.63, 3.8) is 0 Å². The number of carbonyl (C=O) groups is 2. The fourth-order valence-electron chi connectivity index (χ4n) is 2.55. The van der Waals surface area contributed by atoms with Gasteiger partial charge in [0.1, 0.15) is 12.5 Å². The van der Waals surface area contributed by atoms with Gasteiger partial charge in [-0.3, -0.25) is 9.59 Å². The highest BCUT2D eigenvalue weighted by atomic mass is 16.5. The molecular weight excluding hydrogens is 336 g/mol. The molecule has 0 unspecified atom stereocenters. The van der Waals surface area contributed by atoms with Gasteiger partial charge >= 0.3 is 0 Å². The van der Waals surface area contributed by atoms with E-state index < -0.39 is 0 Å². The van der Waals surface area contributed by atoms with Crippen LogP contribution in [0.2, 0.25) is 0 Å². The molecular formula is C19H24N2O5. The monoisotopic (exact) mass is 360 g/mol. The van der Waals surface area contributed by atoms with Gasteiger partial charge in [-0.15, -0.1) is 0 Å². The number of rotatable bonds is 8. The van der Waals surface area contributed by atoms with Crippen molar-refractivity contribution in [1.82, 2.24) is 5.32 Å². The minimum Gasteiger partial charge on any atom is -0.493 e. The van der Waals surface area contributed by atoms with E-state index in [-0.39, 0.29) is 22.9 Å². The molecule has 1 heterocycles. The Bertz CT molecular complexity index is 769. The van der Waals surface area contributed by atoms with Gasteiger partial charge in [0.05, 0.1) is 25.3 Å². The van der Waals surface area contributed by atoms with Crippen LogP contribution in [-0.4, -0.2) is 39.1 Å². The molecule has 0 fully saturated rings. The third kappa shape index (κ3) is 3.99. The summed E-state index contributed by atoms with van der Waals surface area (Å²) in [6.45, 7) is 4.75. The number of amides is 2. The largest absolute Gasteiger partial charge is 0.493 e. The minimum atomic E-state index is -0.327. The highest BCUT2D eigenvalue weighted by molar-refractivity contribution is 6.13. The van der Waals surface area contributed by atoms with Crippen LogP contribution in [0.1, 0.15) is 41.0 Å². The third-order valence-corrected chi connectivity index (χ3v) is 3.91. The van der Waals surface area contributed by atoms with E-state index in [9.17, 15) is 9.59 Å². The maximum absolute atomic E-state index is 13.0. The van der Waals surface area contributed by atoms with Crippen LogP contribution in [0.25, 0.3) is 0 Å². The van der Waals surface area contributed by atoms with Crippen molar-refractivity contribution in [3.05, 3.63) is 41.9 Å². The normalized spacial score (nSPS) is 10.3. The van der Waals surface area contributed by atoms with Crippen LogP contribution in [0.15, 0.2) is 35.1 Å². The van der Waals surface area contributed by atoms with E-state index in [1.165, 1.54) is 19.6 Å². The highest BCUT2D eigenvalue weighted by Gasteiger charge is 2.25. The molecule has 2 aromatic rings. The van der Waals surface area contributed by atoms with Gasteiger partial charge in [-0.1, -0.05) is 6.92 Å². The summed E-state index contributed by atoms with van der Waals surface area (Å²) in [5.74, 6) is 0.439. The standard InChI is InChI=1S/C19H24N2O5/c1-5-9-20-18(22)14-11-26-12-15(14)19(23)21(6-2)13-7-8-16(24-3)17(10-13)25-4/h7-8,10-12H,5-6,9H2,1-4H3,(H,20,22). The molecule has 26 heavy (non-hydrogen) atoms.